The first-order valence-corrected chi connectivity index (χ1v) is 3.93. The lowest BCUT2D eigenvalue weighted by molar-refractivity contribution is -0.142. The number of hydrogen-bond acceptors (Lipinski definition) is 2. The molecule has 0 atom stereocenters. The van der Waals surface area contributed by atoms with Crippen LogP contribution >= 0.6 is 0 Å². The molecule has 0 amide bonds. The van der Waals surface area contributed by atoms with E-state index in [0.29, 0.717) is 0 Å². The Balaban J connectivity index is 3.64. The number of carbonyl (C=O) groups is 1. The predicted octanol–water partition coefficient (Wildman–Crippen LogP) is 2.88. The third-order valence-corrected chi connectivity index (χ3v) is 1.74. The third-order valence-electron chi connectivity index (χ3n) is 1.74. The molecule has 0 saturated heterocycles. The van der Waals surface area contributed by atoms with Crippen LogP contribution in [0.3, 0.4) is 0 Å². The lowest BCUT2D eigenvalue weighted by Crippen LogP contribution is -2.19. The fraction of sp³-hybridized carbons (Fsp3) is 0.250. The Morgan fingerprint density at radius 1 is 1.35 bits per heavy atom. The smallest absolute Gasteiger partial charge is 0.434 e. The molecule has 9 heteroatoms. The summed E-state index contributed by atoms with van der Waals surface area (Å²) in [4.78, 5) is 12.8. The van der Waals surface area contributed by atoms with E-state index in [1.807, 2.05) is 0 Å². The predicted molar refractivity (Wildman–Crippen MR) is 41.1 cm³/mol. The highest BCUT2D eigenvalue weighted by Gasteiger charge is 2.40. The summed E-state index contributed by atoms with van der Waals surface area (Å²) in [6, 6.07) is -0.0383. The van der Waals surface area contributed by atoms with Crippen molar-refractivity contribution in [3.05, 3.63) is 28.8 Å². The number of rotatable bonds is 2. The van der Waals surface area contributed by atoms with Gasteiger partial charge >= 0.3 is 12.1 Å². The van der Waals surface area contributed by atoms with Gasteiger partial charge in [-0.3, -0.25) is 0 Å². The van der Waals surface area contributed by atoms with E-state index in [4.69, 9.17) is 5.11 Å². The molecule has 0 aliphatic heterocycles. The highest BCUT2D eigenvalue weighted by molar-refractivity contribution is 5.91. The number of carboxylic acid groups (broad SMARTS) is 1. The molecule has 0 aliphatic carbocycles. The van der Waals surface area contributed by atoms with Gasteiger partial charge in [0.2, 0.25) is 5.95 Å². The van der Waals surface area contributed by atoms with Gasteiger partial charge in [-0.2, -0.15) is 17.6 Å². The number of carboxylic acids is 1. The number of halogens is 6. The molecule has 94 valence electrons. The van der Waals surface area contributed by atoms with Crippen molar-refractivity contribution in [1.82, 2.24) is 4.98 Å². The molecule has 0 bridgehead atoms. The van der Waals surface area contributed by atoms with Crippen LogP contribution in [-0.4, -0.2) is 16.1 Å². The lowest BCUT2D eigenvalue weighted by atomic mass is 10.1. The van der Waals surface area contributed by atoms with Gasteiger partial charge in [0.1, 0.15) is 0 Å². The van der Waals surface area contributed by atoms with Crippen LogP contribution in [0.2, 0.25) is 0 Å². The summed E-state index contributed by atoms with van der Waals surface area (Å²) in [5, 5.41) is 8.45. The monoisotopic (exact) mass is 259 g/mol. The molecule has 0 unspecified atom stereocenters. The number of alkyl halides is 5. The number of pyridine rings is 1. The summed E-state index contributed by atoms with van der Waals surface area (Å²) in [5.41, 5.74) is -5.48. The van der Waals surface area contributed by atoms with Gasteiger partial charge < -0.3 is 5.11 Å². The summed E-state index contributed by atoms with van der Waals surface area (Å²) in [7, 11) is 0. The van der Waals surface area contributed by atoms with Crippen LogP contribution in [0, 0.1) is 5.95 Å². The summed E-state index contributed by atoms with van der Waals surface area (Å²) in [6.45, 7) is 0. The molecular weight excluding hydrogens is 256 g/mol. The van der Waals surface area contributed by atoms with E-state index in [1.165, 1.54) is 0 Å². The topological polar surface area (TPSA) is 50.2 Å². The summed E-state index contributed by atoms with van der Waals surface area (Å²) < 4.78 is 74.1. The molecule has 0 aliphatic rings. The zero-order valence-electron chi connectivity index (χ0n) is 7.73. The molecule has 1 rings (SSSR count). The second-order valence-corrected chi connectivity index (χ2v) is 2.86. The first-order valence-electron chi connectivity index (χ1n) is 3.93. The summed E-state index contributed by atoms with van der Waals surface area (Å²) >= 11 is 0. The van der Waals surface area contributed by atoms with E-state index in [1.54, 1.807) is 0 Å². The van der Waals surface area contributed by atoms with Crippen LogP contribution in [0.25, 0.3) is 0 Å². The van der Waals surface area contributed by atoms with Crippen LogP contribution in [0.1, 0.15) is 28.0 Å². The maximum absolute atomic E-state index is 12.6. The maximum atomic E-state index is 12.6. The van der Waals surface area contributed by atoms with Gasteiger partial charge in [0, 0.05) is 11.6 Å². The normalized spacial score (nSPS) is 11.9. The molecule has 3 nitrogen and oxygen atoms in total. The Hall–Kier alpha value is -1.80. The van der Waals surface area contributed by atoms with E-state index < -0.39 is 41.3 Å². The van der Waals surface area contributed by atoms with Gasteiger partial charge in [0.05, 0.1) is 5.56 Å². The van der Waals surface area contributed by atoms with Crippen molar-refractivity contribution >= 4 is 5.97 Å². The SMILES string of the molecule is O=C(O)c1c(C(F)F)cc(F)nc1C(F)(F)F. The van der Waals surface area contributed by atoms with Crippen molar-refractivity contribution in [2.24, 2.45) is 0 Å². The number of hydrogen-bond donors (Lipinski definition) is 1. The van der Waals surface area contributed by atoms with E-state index in [9.17, 15) is 31.1 Å². The van der Waals surface area contributed by atoms with Gasteiger partial charge in [-0.15, -0.1) is 0 Å². The van der Waals surface area contributed by atoms with Crippen LogP contribution in [-0.2, 0) is 6.18 Å². The van der Waals surface area contributed by atoms with E-state index in [-0.39, 0.29) is 6.07 Å². The van der Waals surface area contributed by atoms with E-state index in [2.05, 4.69) is 4.98 Å². The average molecular weight is 259 g/mol. The van der Waals surface area contributed by atoms with Gasteiger partial charge in [-0.1, -0.05) is 0 Å². The first-order chi connectivity index (χ1) is 7.64. The summed E-state index contributed by atoms with van der Waals surface area (Å²) in [6.07, 6.45) is -8.89. The fourth-order valence-electron chi connectivity index (χ4n) is 1.13. The molecule has 17 heavy (non-hydrogen) atoms. The Bertz CT molecular complexity index is 456. The highest BCUT2D eigenvalue weighted by atomic mass is 19.4. The molecule has 1 heterocycles. The van der Waals surface area contributed by atoms with Crippen LogP contribution in [0.4, 0.5) is 26.3 Å². The van der Waals surface area contributed by atoms with Crippen molar-refractivity contribution in [1.29, 1.82) is 0 Å². The van der Waals surface area contributed by atoms with Crippen LogP contribution in [0.5, 0.6) is 0 Å². The Morgan fingerprint density at radius 3 is 2.24 bits per heavy atom. The largest absolute Gasteiger partial charge is 0.478 e. The van der Waals surface area contributed by atoms with Crippen molar-refractivity contribution in [2.45, 2.75) is 12.6 Å². The molecule has 0 spiro atoms. The number of nitrogens with zero attached hydrogens (tertiary/aromatic N) is 1. The minimum absolute atomic E-state index is 0.0383. The fourth-order valence-corrected chi connectivity index (χ4v) is 1.13. The second-order valence-electron chi connectivity index (χ2n) is 2.86. The van der Waals surface area contributed by atoms with Crippen molar-refractivity contribution in [2.75, 3.05) is 0 Å². The van der Waals surface area contributed by atoms with Gasteiger partial charge in [-0.25, -0.2) is 18.6 Å². The highest BCUT2D eigenvalue weighted by Crippen LogP contribution is 2.35. The lowest BCUT2D eigenvalue weighted by Gasteiger charge is -2.12. The molecular formula is C8H3F6NO2. The molecule has 0 saturated carbocycles. The molecule has 1 aromatic rings. The van der Waals surface area contributed by atoms with Gasteiger partial charge in [0.15, 0.2) is 5.69 Å². The Kier molecular flexibility index (Phi) is 3.30. The minimum atomic E-state index is -5.33. The quantitative estimate of drug-likeness (QED) is 0.656. The average Bonchev–Trinajstić information content (AvgIpc) is 2.14. The van der Waals surface area contributed by atoms with E-state index >= 15 is 0 Å². The van der Waals surface area contributed by atoms with E-state index in [0.717, 1.165) is 0 Å². The minimum Gasteiger partial charge on any atom is -0.478 e. The van der Waals surface area contributed by atoms with Crippen molar-refractivity contribution in [3.8, 4) is 0 Å². The number of aromatic carboxylic acids is 1. The third kappa shape index (κ3) is 2.66. The summed E-state index contributed by atoms with van der Waals surface area (Å²) in [5.74, 6) is -4.07. The number of aromatic nitrogens is 1. The Morgan fingerprint density at radius 2 is 1.88 bits per heavy atom. The van der Waals surface area contributed by atoms with Gasteiger partial charge in [0.25, 0.3) is 6.43 Å². The molecule has 0 fully saturated rings. The molecule has 1 N–H and O–H groups in total. The molecule has 0 radical (unpaired) electrons. The zero-order valence-corrected chi connectivity index (χ0v) is 7.73. The van der Waals surface area contributed by atoms with Crippen LogP contribution < -0.4 is 0 Å². The van der Waals surface area contributed by atoms with Crippen molar-refractivity contribution in [3.63, 3.8) is 0 Å². The van der Waals surface area contributed by atoms with Gasteiger partial charge in [-0.05, 0) is 0 Å². The van der Waals surface area contributed by atoms with Crippen LogP contribution in [0.15, 0.2) is 6.07 Å². The zero-order chi connectivity index (χ0) is 13.4. The Labute approximate surface area is 89.7 Å². The molecule has 1 aromatic heterocycles. The molecule has 0 aromatic carbocycles. The standard InChI is InChI=1S/C8H3F6NO2/c9-3-1-2(6(10)11)4(7(16)17)5(15-3)8(12,13)14/h1,6H,(H,16,17). The second kappa shape index (κ2) is 4.22. The van der Waals surface area contributed by atoms with Crippen molar-refractivity contribution < 1.29 is 36.2 Å². The maximum Gasteiger partial charge on any atom is 0.434 e. The first kappa shape index (κ1) is 13.3.